The predicted octanol–water partition coefficient (Wildman–Crippen LogP) is 4.13. The summed E-state index contributed by atoms with van der Waals surface area (Å²) >= 11 is 5.61. The summed E-state index contributed by atoms with van der Waals surface area (Å²) in [5.74, 6) is -0.911. The fourth-order valence-corrected chi connectivity index (χ4v) is 2.52. The van der Waals surface area contributed by atoms with E-state index >= 15 is 0 Å². The van der Waals surface area contributed by atoms with Gasteiger partial charge in [0.1, 0.15) is 0 Å². The first kappa shape index (κ1) is 20.7. The number of aromatic nitrogens is 1. The molecule has 2 rings (SSSR count). The van der Waals surface area contributed by atoms with Crippen LogP contribution in [-0.4, -0.2) is 28.2 Å². The summed E-state index contributed by atoms with van der Waals surface area (Å²) in [6.45, 7) is 1.60. The normalized spacial score (nSPS) is 11.1. The maximum Gasteiger partial charge on any atom is 0.418 e. The van der Waals surface area contributed by atoms with Gasteiger partial charge in [-0.25, -0.2) is 0 Å². The second-order valence-corrected chi connectivity index (χ2v) is 6.18. The van der Waals surface area contributed by atoms with Crippen LogP contribution in [0.25, 0.3) is 0 Å². The minimum atomic E-state index is -4.65. The minimum Gasteiger partial charge on any atom is -0.337 e. The monoisotopic (exact) mass is 399 g/mol. The highest BCUT2D eigenvalue weighted by Crippen LogP contribution is 2.36. The highest BCUT2D eigenvalue weighted by Gasteiger charge is 2.34. The van der Waals surface area contributed by atoms with E-state index in [-0.39, 0.29) is 36.1 Å². The molecule has 0 spiro atoms. The molecule has 9 heteroatoms. The number of nitrogens with zero attached hydrogens (tertiary/aromatic N) is 2. The van der Waals surface area contributed by atoms with Crippen molar-refractivity contribution in [1.29, 1.82) is 0 Å². The van der Waals surface area contributed by atoms with Crippen molar-refractivity contribution in [3.8, 4) is 0 Å². The van der Waals surface area contributed by atoms with Crippen molar-refractivity contribution in [3.05, 3.63) is 58.9 Å². The Labute approximate surface area is 159 Å². The predicted molar refractivity (Wildman–Crippen MR) is 95.0 cm³/mol. The topological polar surface area (TPSA) is 62.3 Å². The maximum absolute atomic E-state index is 13.1. The van der Waals surface area contributed by atoms with E-state index in [0.29, 0.717) is 5.69 Å². The smallest absolute Gasteiger partial charge is 0.337 e. The standard InChI is InChI=1S/C18H17ClF3N3O2/c1-12(26)25(11-14-4-2-3-8-23-14)9-7-17(27)24-16-6-5-13(19)10-15(16)18(20,21)22/h2-6,8,10H,7,9,11H2,1H3,(H,24,27). The van der Waals surface area contributed by atoms with Gasteiger partial charge in [-0.15, -0.1) is 0 Å². The number of rotatable bonds is 6. The molecule has 0 aliphatic rings. The highest BCUT2D eigenvalue weighted by molar-refractivity contribution is 6.30. The average molecular weight is 400 g/mol. The Morgan fingerprint density at radius 1 is 1.22 bits per heavy atom. The summed E-state index contributed by atoms with van der Waals surface area (Å²) in [7, 11) is 0. The molecule has 1 heterocycles. The molecule has 0 aliphatic carbocycles. The molecule has 0 saturated carbocycles. The van der Waals surface area contributed by atoms with Crippen molar-refractivity contribution in [1.82, 2.24) is 9.88 Å². The van der Waals surface area contributed by atoms with E-state index in [9.17, 15) is 22.8 Å². The van der Waals surface area contributed by atoms with Crippen molar-refractivity contribution >= 4 is 29.1 Å². The molecule has 2 aromatic rings. The SMILES string of the molecule is CC(=O)N(CCC(=O)Nc1ccc(Cl)cc1C(F)(F)F)Cc1ccccn1. The molecular formula is C18H17ClF3N3O2. The molecule has 27 heavy (non-hydrogen) atoms. The molecule has 0 atom stereocenters. The Balaban J connectivity index is 2.02. The lowest BCUT2D eigenvalue weighted by Gasteiger charge is -2.20. The number of alkyl halides is 3. The van der Waals surface area contributed by atoms with Gasteiger partial charge in [-0.05, 0) is 30.3 Å². The molecule has 2 amide bonds. The molecular weight excluding hydrogens is 383 g/mol. The van der Waals surface area contributed by atoms with Gasteiger partial charge >= 0.3 is 6.18 Å². The van der Waals surface area contributed by atoms with Crippen LogP contribution >= 0.6 is 11.6 Å². The van der Waals surface area contributed by atoms with Gasteiger partial charge in [0.25, 0.3) is 0 Å². The van der Waals surface area contributed by atoms with Crippen LogP contribution in [0, 0.1) is 0 Å². The maximum atomic E-state index is 13.1. The highest BCUT2D eigenvalue weighted by atomic mass is 35.5. The molecule has 0 unspecified atom stereocenters. The molecule has 1 aromatic heterocycles. The zero-order valence-electron chi connectivity index (χ0n) is 14.4. The van der Waals surface area contributed by atoms with E-state index in [1.807, 2.05) is 0 Å². The van der Waals surface area contributed by atoms with Crippen LogP contribution < -0.4 is 5.32 Å². The van der Waals surface area contributed by atoms with Gasteiger partial charge in [0.15, 0.2) is 0 Å². The molecule has 0 radical (unpaired) electrons. The summed E-state index contributed by atoms with van der Waals surface area (Å²) in [5, 5.41) is 2.15. The number of hydrogen-bond acceptors (Lipinski definition) is 3. The summed E-state index contributed by atoms with van der Waals surface area (Å²) in [4.78, 5) is 29.3. The Kier molecular flexibility index (Phi) is 6.79. The lowest BCUT2D eigenvalue weighted by molar-refractivity contribution is -0.137. The Hall–Kier alpha value is -2.61. The van der Waals surface area contributed by atoms with E-state index in [0.717, 1.165) is 12.1 Å². The quantitative estimate of drug-likeness (QED) is 0.794. The van der Waals surface area contributed by atoms with Crippen LogP contribution in [0.3, 0.4) is 0 Å². The summed E-state index contributed by atoms with van der Waals surface area (Å²) in [6, 6.07) is 8.35. The van der Waals surface area contributed by atoms with E-state index in [2.05, 4.69) is 10.3 Å². The summed E-state index contributed by atoms with van der Waals surface area (Å²) < 4.78 is 39.2. The molecule has 1 N–H and O–H groups in total. The number of nitrogens with one attached hydrogen (secondary N) is 1. The zero-order chi connectivity index (χ0) is 20.0. The fraction of sp³-hybridized carbons (Fsp3) is 0.278. The largest absolute Gasteiger partial charge is 0.418 e. The number of anilines is 1. The van der Waals surface area contributed by atoms with E-state index in [4.69, 9.17) is 11.6 Å². The number of carbonyl (C=O) groups excluding carboxylic acids is 2. The van der Waals surface area contributed by atoms with Crippen molar-refractivity contribution in [3.63, 3.8) is 0 Å². The van der Waals surface area contributed by atoms with Gasteiger partial charge < -0.3 is 10.2 Å². The molecule has 0 fully saturated rings. The van der Waals surface area contributed by atoms with Crippen LogP contribution in [0.5, 0.6) is 0 Å². The van der Waals surface area contributed by atoms with Gasteiger partial charge in [-0.1, -0.05) is 17.7 Å². The number of pyridine rings is 1. The number of carbonyl (C=O) groups is 2. The summed E-state index contributed by atoms with van der Waals surface area (Å²) in [6.07, 6.45) is -3.23. The van der Waals surface area contributed by atoms with Gasteiger partial charge in [0.05, 0.1) is 23.5 Å². The minimum absolute atomic E-state index is 0.0483. The lowest BCUT2D eigenvalue weighted by atomic mass is 10.1. The van der Waals surface area contributed by atoms with Crippen LogP contribution in [0.1, 0.15) is 24.6 Å². The number of amides is 2. The fourth-order valence-electron chi connectivity index (χ4n) is 2.34. The molecule has 1 aromatic carbocycles. The molecule has 144 valence electrons. The number of hydrogen-bond donors (Lipinski definition) is 1. The number of benzene rings is 1. The number of halogens is 4. The molecule has 0 saturated heterocycles. The Morgan fingerprint density at radius 2 is 1.96 bits per heavy atom. The summed E-state index contributed by atoms with van der Waals surface area (Å²) in [5.41, 5.74) is -0.763. The second-order valence-electron chi connectivity index (χ2n) is 5.75. The van der Waals surface area contributed by atoms with Crippen LogP contribution in [0.4, 0.5) is 18.9 Å². The van der Waals surface area contributed by atoms with Gasteiger partial charge in [-0.3, -0.25) is 14.6 Å². The Morgan fingerprint density at radius 3 is 2.56 bits per heavy atom. The third-order valence-corrected chi connectivity index (χ3v) is 3.93. The van der Waals surface area contributed by atoms with E-state index < -0.39 is 17.6 Å². The molecule has 0 aliphatic heterocycles. The van der Waals surface area contributed by atoms with Gasteiger partial charge in [0, 0.05) is 31.1 Å². The van der Waals surface area contributed by atoms with Gasteiger partial charge in [-0.2, -0.15) is 13.2 Å². The van der Waals surface area contributed by atoms with Crippen molar-refractivity contribution in [2.24, 2.45) is 0 Å². The first-order valence-electron chi connectivity index (χ1n) is 7.99. The van der Waals surface area contributed by atoms with E-state index in [1.54, 1.807) is 24.4 Å². The third-order valence-electron chi connectivity index (χ3n) is 3.69. The molecule has 0 bridgehead atoms. The van der Waals surface area contributed by atoms with Crippen molar-refractivity contribution < 1.29 is 22.8 Å². The zero-order valence-corrected chi connectivity index (χ0v) is 15.1. The molecule has 5 nitrogen and oxygen atoms in total. The van der Waals surface area contributed by atoms with Crippen molar-refractivity contribution in [2.75, 3.05) is 11.9 Å². The van der Waals surface area contributed by atoms with Gasteiger partial charge in [0.2, 0.25) is 11.8 Å². The first-order chi connectivity index (χ1) is 12.7. The van der Waals surface area contributed by atoms with E-state index in [1.165, 1.54) is 17.9 Å². The lowest BCUT2D eigenvalue weighted by Crippen LogP contribution is -2.32. The Bertz CT molecular complexity index is 813. The van der Waals surface area contributed by atoms with Crippen LogP contribution in [-0.2, 0) is 22.3 Å². The first-order valence-corrected chi connectivity index (χ1v) is 8.36. The van der Waals surface area contributed by atoms with Crippen LogP contribution in [0.2, 0.25) is 5.02 Å². The van der Waals surface area contributed by atoms with Crippen molar-refractivity contribution in [2.45, 2.75) is 26.1 Å². The third kappa shape index (κ3) is 6.25. The average Bonchev–Trinajstić information content (AvgIpc) is 2.60. The van der Waals surface area contributed by atoms with Crippen LogP contribution in [0.15, 0.2) is 42.6 Å². The second kappa shape index (κ2) is 8.85.